The third-order valence-corrected chi connectivity index (χ3v) is 3.90. The zero-order valence-corrected chi connectivity index (χ0v) is 15.6. The molecule has 0 amide bonds. The van der Waals surface area contributed by atoms with Gasteiger partial charge in [0, 0.05) is 32.5 Å². The number of rotatable bonds is 5. The number of esters is 3. The van der Waals surface area contributed by atoms with Crippen LogP contribution < -0.4 is 0 Å². The van der Waals surface area contributed by atoms with Crippen molar-refractivity contribution in [3.8, 4) is 0 Å². The Morgan fingerprint density at radius 2 is 1.69 bits per heavy atom. The number of nitrogens with zero attached hydrogens (tertiary/aromatic N) is 2. The van der Waals surface area contributed by atoms with Crippen LogP contribution >= 0.6 is 23.2 Å². The van der Waals surface area contributed by atoms with Gasteiger partial charge in [0.25, 0.3) is 0 Å². The van der Waals surface area contributed by atoms with Crippen LogP contribution in [0.3, 0.4) is 0 Å². The lowest BCUT2D eigenvalue weighted by Gasteiger charge is -2.23. The summed E-state index contributed by atoms with van der Waals surface area (Å²) >= 11 is 11.8. The van der Waals surface area contributed by atoms with Crippen LogP contribution in [0.4, 0.5) is 0 Å². The van der Waals surface area contributed by atoms with Crippen LogP contribution in [0.25, 0.3) is 0 Å². The van der Waals surface area contributed by atoms with Crippen molar-refractivity contribution in [1.82, 2.24) is 9.97 Å². The topological polar surface area (TPSA) is 114 Å². The number of hydrogen-bond acceptors (Lipinski definition) is 9. The Hall–Kier alpha value is -1.97. The van der Waals surface area contributed by atoms with Gasteiger partial charge in [-0.1, -0.05) is 11.6 Å². The molecule has 0 radical (unpaired) electrons. The van der Waals surface area contributed by atoms with Gasteiger partial charge in [-0.05, 0) is 11.6 Å². The first-order chi connectivity index (χ1) is 12.2. The second kappa shape index (κ2) is 8.61. The maximum atomic E-state index is 11.5. The molecule has 0 saturated carbocycles. The second-order valence-corrected chi connectivity index (χ2v) is 6.13. The molecule has 4 atom stereocenters. The molecular formula is C15H16Cl2N2O7. The third kappa shape index (κ3) is 5.03. The largest absolute Gasteiger partial charge is 0.463 e. The van der Waals surface area contributed by atoms with Crippen molar-refractivity contribution in [2.24, 2.45) is 0 Å². The SMILES string of the molecule is CC(=O)OC[C@H]1O[C@@H](c2cnc(Cl)nc2Cl)[C@H](OC(C)=O)[C@@H]1OC(C)=O. The smallest absolute Gasteiger partial charge is 0.303 e. The van der Waals surface area contributed by atoms with Crippen molar-refractivity contribution in [3.05, 3.63) is 22.2 Å². The summed E-state index contributed by atoms with van der Waals surface area (Å²) in [5.74, 6) is -1.79. The van der Waals surface area contributed by atoms with Gasteiger partial charge < -0.3 is 18.9 Å². The fraction of sp³-hybridized carbons (Fsp3) is 0.533. The van der Waals surface area contributed by atoms with E-state index < -0.39 is 42.3 Å². The van der Waals surface area contributed by atoms with E-state index in [2.05, 4.69) is 9.97 Å². The Morgan fingerprint density at radius 3 is 2.23 bits per heavy atom. The summed E-state index contributed by atoms with van der Waals surface area (Å²) in [4.78, 5) is 41.8. The highest BCUT2D eigenvalue weighted by atomic mass is 35.5. The van der Waals surface area contributed by atoms with Gasteiger partial charge >= 0.3 is 17.9 Å². The Labute approximate surface area is 158 Å². The lowest BCUT2D eigenvalue weighted by molar-refractivity contribution is -0.165. The standard InChI is InChI=1S/C15H16Cl2N2O7/c1-6(20)23-5-10-12(24-7(2)21)13(25-8(3)22)11(26-10)9-4-18-15(17)19-14(9)16/h4,10-13H,5H2,1-3H3/t10-,11+,12-,13+/m1/s1. The predicted octanol–water partition coefficient (Wildman–Crippen LogP) is 1.65. The summed E-state index contributed by atoms with van der Waals surface area (Å²) in [7, 11) is 0. The minimum absolute atomic E-state index is 0.0122. The molecule has 1 aromatic heterocycles. The molecule has 1 saturated heterocycles. The van der Waals surface area contributed by atoms with Crippen molar-refractivity contribution in [2.75, 3.05) is 6.61 Å². The van der Waals surface area contributed by atoms with E-state index in [0.29, 0.717) is 0 Å². The first-order valence-corrected chi connectivity index (χ1v) is 8.25. The Balaban J connectivity index is 2.38. The lowest BCUT2D eigenvalue weighted by Crippen LogP contribution is -2.40. The van der Waals surface area contributed by atoms with Gasteiger partial charge in [-0.15, -0.1) is 0 Å². The quantitative estimate of drug-likeness (QED) is 0.311. The first kappa shape index (κ1) is 20.3. The van der Waals surface area contributed by atoms with Crippen LogP contribution in [0.1, 0.15) is 32.4 Å². The molecule has 0 spiro atoms. The third-order valence-electron chi connectivity index (χ3n) is 3.41. The lowest BCUT2D eigenvalue weighted by atomic mass is 10.0. The molecule has 0 unspecified atom stereocenters. The number of carbonyl (C=O) groups is 3. The molecule has 2 heterocycles. The number of hydrogen-bond donors (Lipinski definition) is 0. The van der Waals surface area contributed by atoms with E-state index in [-0.39, 0.29) is 22.6 Å². The van der Waals surface area contributed by atoms with Crippen LogP contribution in [-0.4, -0.2) is 52.8 Å². The number of ether oxygens (including phenoxy) is 4. The number of halogens is 2. The van der Waals surface area contributed by atoms with Gasteiger partial charge in [0.05, 0.1) is 0 Å². The van der Waals surface area contributed by atoms with Crippen LogP contribution in [0.15, 0.2) is 6.20 Å². The molecule has 0 aliphatic carbocycles. The monoisotopic (exact) mass is 406 g/mol. The van der Waals surface area contributed by atoms with Crippen LogP contribution in [0.2, 0.25) is 10.4 Å². The highest BCUT2D eigenvalue weighted by molar-refractivity contribution is 6.32. The minimum Gasteiger partial charge on any atom is -0.463 e. The second-order valence-electron chi connectivity index (χ2n) is 5.43. The molecule has 26 heavy (non-hydrogen) atoms. The molecule has 1 aliphatic heterocycles. The summed E-state index contributed by atoms with van der Waals surface area (Å²) < 4.78 is 21.3. The fourth-order valence-corrected chi connectivity index (χ4v) is 2.92. The molecule has 0 bridgehead atoms. The molecule has 0 aromatic carbocycles. The van der Waals surface area contributed by atoms with Gasteiger partial charge in [0.15, 0.2) is 12.2 Å². The van der Waals surface area contributed by atoms with Gasteiger partial charge in [-0.25, -0.2) is 9.97 Å². The fourth-order valence-electron chi connectivity index (χ4n) is 2.51. The van der Waals surface area contributed by atoms with E-state index in [1.165, 1.54) is 27.0 Å². The molecule has 1 fully saturated rings. The van der Waals surface area contributed by atoms with Gasteiger partial charge in [-0.2, -0.15) is 0 Å². The van der Waals surface area contributed by atoms with E-state index >= 15 is 0 Å². The molecule has 2 rings (SSSR count). The van der Waals surface area contributed by atoms with E-state index in [0.717, 1.165) is 0 Å². The summed E-state index contributed by atoms with van der Waals surface area (Å²) in [5, 5.41) is -0.0874. The van der Waals surface area contributed by atoms with E-state index in [1.807, 2.05) is 0 Å². The Morgan fingerprint density at radius 1 is 1.08 bits per heavy atom. The average molecular weight is 407 g/mol. The van der Waals surface area contributed by atoms with Gasteiger partial charge in [0.1, 0.15) is 24.0 Å². The molecule has 142 valence electrons. The summed E-state index contributed by atoms with van der Waals surface area (Å²) in [6.45, 7) is 3.40. The van der Waals surface area contributed by atoms with Crippen molar-refractivity contribution in [3.63, 3.8) is 0 Å². The highest BCUT2D eigenvalue weighted by Crippen LogP contribution is 2.39. The summed E-state index contributed by atoms with van der Waals surface area (Å²) in [5.41, 5.74) is 0.282. The van der Waals surface area contributed by atoms with Crippen molar-refractivity contribution in [2.45, 2.75) is 45.2 Å². The number of aromatic nitrogens is 2. The predicted molar refractivity (Wildman–Crippen MR) is 87.4 cm³/mol. The van der Waals surface area contributed by atoms with E-state index in [1.54, 1.807) is 0 Å². The highest BCUT2D eigenvalue weighted by Gasteiger charge is 2.51. The molecule has 1 aromatic rings. The number of carbonyl (C=O) groups excluding carboxylic acids is 3. The van der Waals surface area contributed by atoms with Crippen LogP contribution in [0.5, 0.6) is 0 Å². The Bertz CT molecular complexity index is 715. The Kier molecular flexibility index (Phi) is 6.74. The zero-order chi connectivity index (χ0) is 19.4. The molecular weight excluding hydrogens is 391 g/mol. The summed E-state index contributed by atoms with van der Waals surface area (Å²) in [6, 6.07) is 0. The van der Waals surface area contributed by atoms with Crippen LogP contribution in [-0.2, 0) is 33.3 Å². The molecule has 1 aliphatic rings. The van der Waals surface area contributed by atoms with E-state index in [4.69, 9.17) is 42.1 Å². The molecule has 11 heteroatoms. The summed E-state index contributed by atoms with van der Waals surface area (Å²) in [6.07, 6.45) is -2.58. The molecule has 0 N–H and O–H groups in total. The maximum absolute atomic E-state index is 11.5. The van der Waals surface area contributed by atoms with Crippen LogP contribution in [0, 0.1) is 0 Å². The zero-order valence-electron chi connectivity index (χ0n) is 14.1. The average Bonchev–Trinajstić information content (AvgIpc) is 2.82. The van der Waals surface area contributed by atoms with E-state index in [9.17, 15) is 14.4 Å². The first-order valence-electron chi connectivity index (χ1n) is 7.50. The van der Waals surface area contributed by atoms with Crippen molar-refractivity contribution in [1.29, 1.82) is 0 Å². The molecule has 9 nitrogen and oxygen atoms in total. The minimum atomic E-state index is -1.04. The van der Waals surface area contributed by atoms with Gasteiger partial charge in [0.2, 0.25) is 5.28 Å². The normalized spacial score (nSPS) is 24.8. The van der Waals surface area contributed by atoms with Gasteiger partial charge in [-0.3, -0.25) is 14.4 Å². The maximum Gasteiger partial charge on any atom is 0.303 e. The van der Waals surface area contributed by atoms with Crippen molar-refractivity contribution < 1.29 is 33.3 Å². The van der Waals surface area contributed by atoms with Crippen molar-refractivity contribution >= 4 is 41.1 Å².